The first-order valence-corrected chi connectivity index (χ1v) is 5.99. The summed E-state index contributed by atoms with van der Waals surface area (Å²) in [6.07, 6.45) is 2.78. The van der Waals surface area contributed by atoms with Crippen molar-refractivity contribution in [3.63, 3.8) is 0 Å². The van der Waals surface area contributed by atoms with E-state index in [-0.39, 0.29) is 5.49 Å². The van der Waals surface area contributed by atoms with E-state index in [1.807, 2.05) is 28.8 Å². The van der Waals surface area contributed by atoms with Crippen molar-refractivity contribution in [3.8, 4) is 5.75 Å². The maximum Gasteiger partial charge on any atom is 0.192 e. The van der Waals surface area contributed by atoms with E-state index in [4.69, 9.17) is 10.1 Å². The van der Waals surface area contributed by atoms with Gasteiger partial charge in [0.15, 0.2) is 16.7 Å². The number of rotatable bonds is 3. The molecule has 0 radical (unpaired) electrons. The highest BCUT2D eigenvalue weighted by Crippen LogP contribution is 2.19. The van der Waals surface area contributed by atoms with Gasteiger partial charge in [-0.2, -0.15) is 4.73 Å². The Kier molecular flexibility index (Phi) is 2.86. The number of nitrogens with zero attached hydrogens (tertiary/aromatic N) is 4. The Labute approximate surface area is 114 Å². The highest BCUT2D eigenvalue weighted by Gasteiger charge is 2.10. The van der Waals surface area contributed by atoms with Gasteiger partial charge in [0, 0.05) is 5.56 Å². The van der Waals surface area contributed by atoms with Crippen LogP contribution < -0.4 is 10.2 Å². The lowest BCUT2D eigenvalue weighted by Gasteiger charge is -2.09. The molecule has 0 aliphatic carbocycles. The topological polar surface area (TPSA) is 89.0 Å². The third-order valence-electron chi connectivity index (χ3n) is 3.09. The first kappa shape index (κ1) is 12.2. The number of fused-ring (bicyclic) bond motifs is 1. The summed E-state index contributed by atoms with van der Waals surface area (Å²) >= 11 is 0. The second kappa shape index (κ2) is 4.69. The highest BCUT2D eigenvalue weighted by molar-refractivity contribution is 5.68. The van der Waals surface area contributed by atoms with Crippen LogP contribution in [0.1, 0.15) is 5.56 Å². The standard InChI is InChI=1S/C13H13N5O2/c1-20-10-5-3-2-4-9(10)6-17-7-15-11-12(14)18(19)8-16-13(11)17/h2-5,7-8,14,19H,6H2,1H3. The van der Waals surface area contributed by atoms with Crippen LogP contribution in [0.2, 0.25) is 0 Å². The van der Waals surface area contributed by atoms with Gasteiger partial charge in [-0.25, -0.2) is 9.97 Å². The van der Waals surface area contributed by atoms with Crippen LogP contribution in [0, 0.1) is 5.41 Å². The lowest BCUT2D eigenvalue weighted by molar-refractivity contribution is 0.168. The maximum atomic E-state index is 9.40. The molecule has 102 valence electrons. The van der Waals surface area contributed by atoms with Crippen LogP contribution in [0.5, 0.6) is 5.75 Å². The van der Waals surface area contributed by atoms with Gasteiger partial charge in [-0.05, 0) is 6.07 Å². The van der Waals surface area contributed by atoms with Crippen LogP contribution in [0.15, 0.2) is 36.9 Å². The summed E-state index contributed by atoms with van der Waals surface area (Å²) in [5.41, 5.74) is 1.80. The van der Waals surface area contributed by atoms with E-state index >= 15 is 0 Å². The molecular formula is C13H13N5O2. The Morgan fingerprint density at radius 3 is 2.85 bits per heavy atom. The number of aromatic nitrogens is 4. The van der Waals surface area contributed by atoms with E-state index in [9.17, 15) is 5.21 Å². The van der Waals surface area contributed by atoms with Crippen molar-refractivity contribution in [1.29, 1.82) is 5.41 Å². The summed E-state index contributed by atoms with van der Waals surface area (Å²) in [6, 6.07) is 7.69. The minimum Gasteiger partial charge on any atom is -0.496 e. The summed E-state index contributed by atoms with van der Waals surface area (Å²) in [5, 5.41) is 17.1. The van der Waals surface area contributed by atoms with E-state index in [0.717, 1.165) is 11.3 Å². The second-order valence-electron chi connectivity index (χ2n) is 4.29. The zero-order chi connectivity index (χ0) is 14.1. The summed E-state index contributed by atoms with van der Waals surface area (Å²) in [7, 11) is 1.62. The third kappa shape index (κ3) is 1.89. The molecule has 0 saturated heterocycles. The second-order valence-corrected chi connectivity index (χ2v) is 4.29. The van der Waals surface area contributed by atoms with Crippen molar-refractivity contribution < 1.29 is 9.94 Å². The molecule has 0 amide bonds. The number of benzene rings is 1. The Balaban J connectivity index is 2.08. The zero-order valence-corrected chi connectivity index (χ0v) is 10.8. The molecule has 0 fully saturated rings. The molecular weight excluding hydrogens is 258 g/mol. The quantitative estimate of drug-likeness (QED) is 0.696. The van der Waals surface area contributed by atoms with Gasteiger partial charge >= 0.3 is 0 Å². The van der Waals surface area contributed by atoms with Crippen LogP contribution in [0.4, 0.5) is 0 Å². The Morgan fingerprint density at radius 1 is 1.25 bits per heavy atom. The molecule has 0 aliphatic rings. The molecule has 0 bridgehead atoms. The fourth-order valence-electron chi connectivity index (χ4n) is 2.09. The molecule has 20 heavy (non-hydrogen) atoms. The van der Waals surface area contributed by atoms with E-state index in [0.29, 0.717) is 22.4 Å². The molecule has 0 unspecified atom stereocenters. The number of hydrogen-bond acceptors (Lipinski definition) is 5. The first-order chi connectivity index (χ1) is 9.70. The molecule has 2 heterocycles. The number of imidazole rings is 1. The molecule has 2 aromatic heterocycles. The van der Waals surface area contributed by atoms with Gasteiger partial charge in [0.1, 0.15) is 12.1 Å². The van der Waals surface area contributed by atoms with Crippen LogP contribution in [0.3, 0.4) is 0 Å². The lowest BCUT2D eigenvalue weighted by Crippen LogP contribution is -2.18. The van der Waals surface area contributed by atoms with Gasteiger partial charge in [0.05, 0.1) is 20.0 Å². The fraction of sp³-hybridized carbons (Fsp3) is 0.154. The molecule has 7 heteroatoms. The van der Waals surface area contributed by atoms with E-state index in [2.05, 4.69) is 9.97 Å². The Morgan fingerprint density at radius 2 is 2.05 bits per heavy atom. The van der Waals surface area contributed by atoms with Crippen molar-refractivity contribution in [1.82, 2.24) is 19.3 Å². The van der Waals surface area contributed by atoms with Crippen LogP contribution >= 0.6 is 0 Å². The van der Waals surface area contributed by atoms with Crippen LogP contribution in [-0.4, -0.2) is 31.6 Å². The number of nitrogens with one attached hydrogen (secondary N) is 1. The normalized spacial score (nSPS) is 10.8. The number of hydrogen-bond donors (Lipinski definition) is 2. The van der Waals surface area contributed by atoms with Gasteiger partial charge in [-0.1, -0.05) is 18.2 Å². The zero-order valence-electron chi connectivity index (χ0n) is 10.8. The monoisotopic (exact) mass is 271 g/mol. The molecule has 1 aromatic carbocycles. The number of para-hydroxylation sites is 1. The molecule has 7 nitrogen and oxygen atoms in total. The molecule has 0 aliphatic heterocycles. The fourth-order valence-corrected chi connectivity index (χ4v) is 2.09. The highest BCUT2D eigenvalue weighted by atomic mass is 16.5. The van der Waals surface area contributed by atoms with Crippen LogP contribution in [-0.2, 0) is 6.54 Å². The predicted octanol–water partition coefficient (Wildman–Crippen LogP) is 1.01. The van der Waals surface area contributed by atoms with Crippen molar-refractivity contribution >= 4 is 11.2 Å². The predicted molar refractivity (Wildman–Crippen MR) is 70.7 cm³/mol. The Hall–Kier alpha value is -2.83. The summed E-state index contributed by atoms with van der Waals surface area (Å²) in [5.74, 6) is 0.786. The average molecular weight is 271 g/mol. The molecule has 3 rings (SSSR count). The summed E-state index contributed by atoms with van der Waals surface area (Å²) in [6.45, 7) is 0.530. The maximum absolute atomic E-state index is 9.40. The van der Waals surface area contributed by atoms with Gasteiger partial charge in [-0.15, -0.1) is 0 Å². The smallest absolute Gasteiger partial charge is 0.192 e. The molecule has 0 saturated carbocycles. The minimum atomic E-state index is -0.0891. The van der Waals surface area contributed by atoms with Gasteiger partial charge < -0.3 is 14.5 Å². The van der Waals surface area contributed by atoms with E-state index in [1.54, 1.807) is 13.4 Å². The van der Waals surface area contributed by atoms with Crippen molar-refractivity contribution in [2.75, 3.05) is 7.11 Å². The number of methoxy groups -OCH3 is 1. The SMILES string of the molecule is COc1ccccc1Cn1cnc2c(=N)n(O)cnc21. The molecule has 0 atom stereocenters. The minimum absolute atomic E-state index is 0.0891. The Bertz CT molecular complexity index is 821. The molecule has 0 spiro atoms. The van der Waals surface area contributed by atoms with E-state index in [1.165, 1.54) is 6.33 Å². The van der Waals surface area contributed by atoms with Crippen molar-refractivity contribution in [2.45, 2.75) is 6.54 Å². The molecule has 3 aromatic rings. The lowest BCUT2D eigenvalue weighted by atomic mass is 10.2. The average Bonchev–Trinajstić information content (AvgIpc) is 2.87. The largest absolute Gasteiger partial charge is 0.496 e. The first-order valence-electron chi connectivity index (χ1n) is 5.99. The van der Waals surface area contributed by atoms with Gasteiger partial charge in [0.25, 0.3) is 0 Å². The summed E-state index contributed by atoms with van der Waals surface area (Å²) < 4.78 is 7.77. The van der Waals surface area contributed by atoms with Gasteiger partial charge in [0.2, 0.25) is 0 Å². The van der Waals surface area contributed by atoms with Crippen molar-refractivity contribution in [2.24, 2.45) is 0 Å². The van der Waals surface area contributed by atoms with Crippen molar-refractivity contribution in [3.05, 3.63) is 48.0 Å². The van der Waals surface area contributed by atoms with E-state index < -0.39 is 0 Å². The van der Waals surface area contributed by atoms with Gasteiger partial charge in [-0.3, -0.25) is 5.41 Å². The third-order valence-corrected chi connectivity index (χ3v) is 3.09. The summed E-state index contributed by atoms with van der Waals surface area (Å²) in [4.78, 5) is 8.23. The molecule has 2 N–H and O–H groups in total. The number of ether oxygens (including phenoxy) is 1. The van der Waals surface area contributed by atoms with Crippen LogP contribution in [0.25, 0.3) is 11.2 Å².